The molecule has 0 radical (unpaired) electrons. The topological polar surface area (TPSA) is 107 Å². The number of amides is 1. The SMILES string of the molecule is COc1coc(C(=O)NC2(c3noc(C(C)C)n3)CCCC2)cc1=O. The van der Waals surface area contributed by atoms with E-state index >= 15 is 0 Å². The first-order valence-corrected chi connectivity index (χ1v) is 8.28. The summed E-state index contributed by atoms with van der Waals surface area (Å²) in [5.74, 6) is 0.591. The Balaban J connectivity index is 1.87. The molecule has 1 amide bonds. The average Bonchev–Trinajstić information content (AvgIpc) is 3.24. The molecule has 0 unspecified atom stereocenters. The van der Waals surface area contributed by atoms with Gasteiger partial charge in [0, 0.05) is 12.0 Å². The molecular weight excluding hydrogens is 326 g/mol. The van der Waals surface area contributed by atoms with Gasteiger partial charge in [-0.3, -0.25) is 9.59 Å². The molecule has 0 spiro atoms. The Bertz CT molecular complexity index is 818. The van der Waals surface area contributed by atoms with Crippen LogP contribution in [0.15, 0.2) is 26.1 Å². The minimum atomic E-state index is -0.702. The lowest BCUT2D eigenvalue weighted by atomic mass is 9.96. The lowest BCUT2D eigenvalue weighted by Gasteiger charge is -2.26. The van der Waals surface area contributed by atoms with Crippen LogP contribution in [-0.2, 0) is 5.54 Å². The zero-order valence-corrected chi connectivity index (χ0v) is 14.5. The first-order chi connectivity index (χ1) is 11.9. The Kier molecular flexibility index (Phi) is 4.61. The van der Waals surface area contributed by atoms with E-state index in [9.17, 15) is 9.59 Å². The van der Waals surface area contributed by atoms with Crippen LogP contribution in [-0.4, -0.2) is 23.2 Å². The molecule has 1 N–H and O–H groups in total. The van der Waals surface area contributed by atoms with Crippen molar-refractivity contribution < 1.29 is 18.5 Å². The number of methoxy groups -OCH3 is 1. The summed E-state index contributed by atoms with van der Waals surface area (Å²) in [5, 5.41) is 7.01. The van der Waals surface area contributed by atoms with Gasteiger partial charge in [0.2, 0.25) is 17.1 Å². The predicted octanol–water partition coefficient (Wildman–Crippen LogP) is 2.35. The van der Waals surface area contributed by atoms with Gasteiger partial charge in [-0.25, -0.2) is 0 Å². The molecule has 25 heavy (non-hydrogen) atoms. The van der Waals surface area contributed by atoms with Gasteiger partial charge in [0.05, 0.1) is 7.11 Å². The number of carbonyl (C=O) groups excluding carboxylic acids is 1. The van der Waals surface area contributed by atoms with E-state index in [-0.39, 0.29) is 17.4 Å². The molecule has 1 aliphatic carbocycles. The lowest BCUT2D eigenvalue weighted by molar-refractivity contribution is 0.0860. The molecular formula is C17H21N3O5. The number of hydrogen-bond donors (Lipinski definition) is 1. The van der Waals surface area contributed by atoms with Crippen molar-refractivity contribution in [3.63, 3.8) is 0 Å². The maximum Gasteiger partial charge on any atom is 0.287 e. The van der Waals surface area contributed by atoms with Crippen molar-refractivity contribution in [2.45, 2.75) is 51.0 Å². The summed E-state index contributed by atoms with van der Waals surface area (Å²) in [6.07, 6.45) is 4.42. The van der Waals surface area contributed by atoms with Gasteiger partial charge in [0.15, 0.2) is 11.6 Å². The highest BCUT2D eigenvalue weighted by Crippen LogP contribution is 2.38. The highest BCUT2D eigenvalue weighted by atomic mass is 16.5. The Labute approximate surface area is 144 Å². The summed E-state index contributed by atoms with van der Waals surface area (Å²) in [7, 11) is 1.36. The minimum Gasteiger partial charge on any atom is -0.490 e. The van der Waals surface area contributed by atoms with Crippen LogP contribution in [0.1, 0.15) is 67.7 Å². The van der Waals surface area contributed by atoms with Crippen molar-refractivity contribution in [1.29, 1.82) is 0 Å². The maximum absolute atomic E-state index is 12.6. The first-order valence-electron chi connectivity index (χ1n) is 8.28. The second-order valence-electron chi connectivity index (χ2n) is 6.53. The summed E-state index contributed by atoms with van der Waals surface area (Å²) in [5.41, 5.74) is -1.12. The van der Waals surface area contributed by atoms with Crippen molar-refractivity contribution in [3.8, 4) is 5.75 Å². The Morgan fingerprint density at radius 1 is 1.36 bits per heavy atom. The standard InChI is InChI=1S/C17H21N3O5/c1-10(2)15-18-16(20-25-15)17(6-4-5-7-17)19-14(22)12-8-11(21)13(23-3)9-24-12/h8-10H,4-7H2,1-3H3,(H,19,22). The molecule has 0 saturated heterocycles. The molecule has 8 nitrogen and oxygen atoms in total. The van der Waals surface area contributed by atoms with E-state index in [1.807, 2.05) is 13.8 Å². The van der Waals surface area contributed by atoms with Crippen molar-refractivity contribution in [3.05, 3.63) is 40.0 Å². The molecule has 3 rings (SSSR count). The normalized spacial score (nSPS) is 16.2. The second kappa shape index (κ2) is 6.70. The summed E-state index contributed by atoms with van der Waals surface area (Å²) in [6.45, 7) is 3.92. The third-order valence-electron chi connectivity index (χ3n) is 4.42. The molecule has 134 valence electrons. The maximum atomic E-state index is 12.6. The molecule has 0 atom stereocenters. The molecule has 8 heteroatoms. The fourth-order valence-corrected chi connectivity index (χ4v) is 2.99. The van der Waals surface area contributed by atoms with Crippen molar-refractivity contribution >= 4 is 5.91 Å². The highest BCUT2D eigenvalue weighted by molar-refractivity contribution is 5.91. The van der Waals surface area contributed by atoms with E-state index in [0.717, 1.165) is 25.2 Å². The molecule has 2 heterocycles. The Morgan fingerprint density at radius 2 is 2.08 bits per heavy atom. The van der Waals surface area contributed by atoms with Crippen LogP contribution < -0.4 is 15.5 Å². The molecule has 2 aromatic heterocycles. The number of nitrogens with zero attached hydrogens (tertiary/aromatic N) is 2. The first kappa shape index (κ1) is 17.2. The molecule has 2 aromatic rings. The number of hydrogen-bond acceptors (Lipinski definition) is 7. The van der Waals surface area contributed by atoms with Gasteiger partial charge < -0.3 is 19.0 Å². The van der Waals surface area contributed by atoms with Gasteiger partial charge in [-0.1, -0.05) is 31.8 Å². The zero-order valence-electron chi connectivity index (χ0n) is 14.5. The average molecular weight is 347 g/mol. The van der Waals surface area contributed by atoms with Crippen LogP contribution in [0.25, 0.3) is 0 Å². The van der Waals surface area contributed by atoms with Crippen molar-refractivity contribution in [2.75, 3.05) is 7.11 Å². The molecule has 1 fully saturated rings. The second-order valence-corrected chi connectivity index (χ2v) is 6.53. The molecule has 0 aliphatic heterocycles. The van der Waals surface area contributed by atoms with Gasteiger partial charge >= 0.3 is 0 Å². The van der Waals surface area contributed by atoms with Crippen LogP contribution in [0, 0.1) is 0 Å². The minimum absolute atomic E-state index is 0.0480. The van der Waals surface area contributed by atoms with E-state index in [1.54, 1.807) is 0 Å². The highest BCUT2D eigenvalue weighted by Gasteiger charge is 2.42. The smallest absolute Gasteiger partial charge is 0.287 e. The predicted molar refractivity (Wildman–Crippen MR) is 87.5 cm³/mol. The van der Waals surface area contributed by atoms with Crippen molar-refractivity contribution in [2.24, 2.45) is 0 Å². The summed E-state index contributed by atoms with van der Waals surface area (Å²) >= 11 is 0. The van der Waals surface area contributed by atoms with Crippen LogP contribution in [0.4, 0.5) is 0 Å². The van der Waals surface area contributed by atoms with E-state index in [0.29, 0.717) is 24.6 Å². The van der Waals surface area contributed by atoms with Crippen LogP contribution >= 0.6 is 0 Å². The number of carbonyl (C=O) groups is 1. The van der Waals surface area contributed by atoms with Crippen LogP contribution in [0.2, 0.25) is 0 Å². The van der Waals surface area contributed by atoms with Gasteiger partial charge in [-0.05, 0) is 12.8 Å². The molecule has 0 aromatic carbocycles. The number of rotatable bonds is 5. The van der Waals surface area contributed by atoms with Gasteiger partial charge in [0.25, 0.3) is 5.91 Å². The molecule has 1 aliphatic rings. The number of nitrogens with one attached hydrogen (secondary N) is 1. The van der Waals surface area contributed by atoms with E-state index < -0.39 is 16.9 Å². The fraction of sp³-hybridized carbons (Fsp3) is 0.529. The van der Waals surface area contributed by atoms with Gasteiger partial charge in [-0.2, -0.15) is 4.98 Å². The van der Waals surface area contributed by atoms with Crippen molar-refractivity contribution in [1.82, 2.24) is 15.5 Å². The third kappa shape index (κ3) is 3.29. The quantitative estimate of drug-likeness (QED) is 0.884. The fourth-order valence-electron chi connectivity index (χ4n) is 2.99. The zero-order chi connectivity index (χ0) is 18.0. The van der Waals surface area contributed by atoms with Gasteiger partial charge in [0.1, 0.15) is 11.8 Å². The number of ether oxygens (including phenoxy) is 1. The molecule has 1 saturated carbocycles. The Hall–Kier alpha value is -2.64. The van der Waals surface area contributed by atoms with E-state index in [4.69, 9.17) is 13.7 Å². The largest absolute Gasteiger partial charge is 0.490 e. The number of aromatic nitrogens is 2. The molecule has 0 bridgehead atoms. The lowest BCUT2D eigenvalue weighted by Crippen LogP contribution is -2.44. The summed E-state index contributed by atoms with van der Waals surface area (Å²) in [6, 6.07) is 1.12. The van der Waals surface area contributed by atoms with E-state index in [2.05, 4.69) is 15.5 Å². The Morgan fingerprint density at radius 3 is 2.64 bits per heavy atom. The van der Waals surface area contributed by atoms with E-state index in [1.165, 1.54) is 7.11 Å². The monoisotopic (exact) mass is 347 g/mol. The summed E-state index contributed by atoms with van der Waals surface area (Å²) in [4.78, 5) is 28.9. The van der Waals surface area contributed by atoms with Crippen LogP contribution in [0.3, 0.4) is 0 Å². The van der Waals surface area contributed by atoms with Crippen LogP contribution in [0.5, 0.6) is 5.75 Å². The van der Waals surface area contributed by atoms with Gasteiger partial charge in [-0.15, -0.1) is 0 Å². The summed E-state index contributed by atoms with van der Waals surface area (Å²) < 4.78 is 15.4. The third-order valence-corrected chi connectivity index (χ3v) is 4.42.